The number of aliphatic imine (C=N–C) groups is 1. The van der Waals surface area contributed by atoms with Gasteiger partial charge >= 0.3 is 0 Å². The quantitative estimate of drug-likeness (QED) is 0.304. The number of aryl methyl sites for hydroxylation is 2. The summed E-state index contributed by atoms with van der Waals surface area (Å²) in [6, 6.07) is 0. The Morgan fingerprint density at radius 1 is 1.41 bits per heavy atom. The Morgan fingerprint density at radius 2 is 2.27 bits per heavy atom. The molecule has 22 heavy (non-hydrogen) atoms. The molecule has 0 radical (unpaired) electrons. The van der Waals surface area contributed by atoms with Crippen LogP contribution in [0.1, 0.15) is 23.2 Å². The first kappa shape index (κ1) is 18.9. The van der Waals surface area contributed by atoms with Gasteiger partial charge in [-0.2, -0.15) is 0 Å². The topological polar surface area (TPSA) is 67.1 Å². The van der Waals surface area contributed by atoms with Gasteiger partial charge in [0, 0.05) is 43.6 Å². The second-order valence-electron chi connectivity index (χ2n) is 4.58. The number of nitrogens with one attached hydrogen (secondary N) is 2. The molecule has 6 nitrogen and oxygen atoms in total. The SMILES string of the molecule is CCc1cnc(CNC(=NC)NCCCn2ccnc2)s1.I. The van der Waals surface area contributed by atoms with Gasteiger partial charge in [-0.15, -0.1) is 35.3 Å². The molecule has 0 aliphatic carbocycles. The highest BCUT2D eigenvalue weighted by Crippen LogP contribution is 2.12. The standard InChI is InChI=1S/C14H22N6S.HI/c1-3-12-9-18-13(21-12)10-19-14(15-2)17-5-4-7-20-8-6-16-11-20;/h6,8-9,11H,3-5,7,10H2,1-2H3,(H2,15,17,19);1H. The predicted molar refractivity (Wildman–Crippen MR) is 102 cm³/mol. The van der Waals surface area contributed by atoms with E-state index in [1.54, 1.807) is 24.6 Å². The minimum absolute atomic E-state index is 0. The van der Waals surface area contributed by atoms with Crippen LogP contribution in [0.15, 0.2) is 29.9 Å². The van der Waals surface area contributed by atoms with Crippen LogP contribution in [-0.4, -0.2) is 34.1 Å². The van der Waals surface area contributed by atoms with E-state index in [9.17, 15) is 0 Å². The average Bonchev–Trinajstić information content (AvgIpc) is 3.17. The van der Waals surface area contributed by atoms with Gasteiger partial charge < -0.3 is 15.2 Å². The Labute approximate surface area is 152 Å². The number of thiazole rings is 1. The molecule has 0 spiro atoms. The number of nitrogens with zero attached hydrogens (tertiary/aromatic N) is 4. The van der Waals surface area contributed by atoms with Gasteiger partial charge in [0.2, 0.25) is 0 Å². The third kappa shape index (κ3) is 6.30. The minimum atomic E-state index is 0. The smallest absolute Gasteiger partial charge is 0.191 e. The first-order valence-electron chi connectivity index (χ1n) is 7.15. The minimum Gasteiger partial charge on any atom is -0.356 e. The fourth-order valence-corrected chi connectivity index (χ4v) is 2.66. The van der Waals surface area contributed by atoms with Crippen LogP contribution in [0.25, 0.3) is 0 Å². The molecule has 0 bridgehead atoms. The van der Waals surface area contributed by atoms with Gasteiger partial charge in [0.15, 0.2) is 5.96 Å². The highest BCUT2D eigenvalue weighted by molar-refractivity contribution is 14.0. The molecule has 2 aromatic heterocycles. The molecule has 0 aliphatic rings. The molecule has 2 heterocycles. The van der Waals surface area contributed by atoms with E-state index in [-0.39, 0.29) is 24.0 Å². The lowest BCUT2D eigenvalue weighted by Crippen LogP contribution is -2.37. The van der Waals surface area contributed by atoms with Crippen LogP contribution in [0.4, 0.5) is 0 Å². The molecule has 0 unspecified atom stereocenters. The van der Waals surface area contributed by atoms with Gasteiger partial charge in [0.25, 0.3) is 0 Å². The van der Waals surface area contributed by atoms with Crippen LogP contribution in [0.3, 0.4) is 0 Å². The molecule has 0 saturated heterocycles. The molecule has 0 aliphatic heterocycles. The van der Waals surface area contributed by atoms with Crippen molar-refractivity contribution in [3.8, 4) is 0 Å². The Bertz CT molecular complexity index is 551. The molecule has 0 fully saturated rings. The summed E-state index contributed by atoms with van der Waals surface area (Å²) in [6.45, 7) is 4.68. The number of imidazole rings is 1. The molecule has 2 N–H and O–H groups in total. The highest BCUT2D eigenvalue weighted by Gasteiger charge is 2.02. The van der Waals surface area contributed by atoms with Crippen molar-refractivity contribution in [2.24, 2.45) is 4.99 Å². The van der Waals surface area contributed by atoms with Gasteiger partial charge in [-0.1, -0.05) is 6.92 Å². The predicted octanol–water partition coefficient (Wildman–Crippen LogP) is 2.28. The summed E-state index contributed by atoms with van der Waals surface area (Å²) in [6.07, 6.45) is 9.62. The van der Waals surface area contributed by atoms with Crippen LogP contribution in [-0.2, 0) is 19.5 Å². The van der Waals surface area contributed by atoms with Crippen molar-refractivity contribution < 1.29 is 0 Å². The molecule has 0 saturated carbocycles. The Hall–Kier alpha value is -1.16. The third-order valence-electron chi connectivity index (χ3n) is 3.03. The largest absolute Gasteiger partial charge is 0.356 e. The number of hydrogen-bond donors (Lipinski definition) is 2. The van der Waals surface area contributed by atoms with E-state index in [2.05, 4.69) is 37.1 Å². The van der Waals surface area contributed by atoms with Crippen molar-refractivity contribution in [1.29, 1.82) is 0 Å². The summed E-state index contributed by atoms with van der Waals surface area (Å²) in [4.78, 5) is 13.9. The zero-order valence-corrected chi connectivity index (χ0v) is 16.1. The van der Waals surface area contributed by atoms with Crippen molar-refractivity contribution in [3.05, 3.63) is 34.8 Å². The molecule has 122 valence electrons. The van der Waals surface area contributed by atoms with E-state index < -0.39 is 0 Å². The Balaban J connectivity index is 0.00000242. The van der Waals surface area contributed by atoms with Crippen molar-refractivity contribution in [2.75, 3.05) is 13.6 Å². The number of guanidine groups is 1. The number of hydrogen-bond acceptors (Lipinski definition) is 4. The molecular formula is C14H23IN6S. The van der Waals surface area contributed by atoms with Crippen LogP contribution < -0.4 is 10.6 Å². The lowest BCUT2D eigenvalue weighted by molar-refractivity contribution is 0.624. The van der Waals surface area contributed by atoms with Crippen LogP contribution in [0.5, 0.6) is 0 Å². The monoisotopic (exact) mass is 434 g/mol. The van der Waals surface area contributed by atoms with E-state index in [1.807, 2.05) is 18.7 Å². The summed E-state index contributed by atoms with van der Waals surface area (Å²) in [7, 11) is 1.78. The van der Waals surface area contributed by atoms with Crippen molar-refractivity contribution >= 4 is 41.3 Å². The lowest BCUT2D eigenvalue weighted by atomic mass is 10.4. The number of rotatable bonds is 7. The summed E-state index contributed by atoms with van der Waals surface area (Å²) in [5, 5.41) is 7.68. The van der Waals surface area contributed by atoms with Crippen molar-refractivity contribution in [1.82, 2.24) is 25.2 Å². The van der Waals surface area contributed by atoms with E-state index in [1.165, 1.54) is 4.88 Å². The van der Waals surface area contributed by atoms with Gasteiger partial charge in [-0.05, 0) is 12.8 Å². The lowest BCUT2D eigenvalue weighted by Gasteiger charge is -2.10. The second kappa shape index (κ2) is 10.5. The van der Waals surface area contributed by atoms with Crippen LogP contribution in [0.2, 0.25) is 0 Å². The van der Waals surface area contributed by atoms with Gasteiger partial charge in [-0.25, -0.2) is 9.97 Å². The summed E-state index contributed by atoms with van der Waals surface area (Å²) in [5.41, 5.74) is 0. The maximum absolute atomic E-state index is 4.39. The second-order valence-corrected chi connectivity index (χ2v) is 5.78. The van der Waals surface area contributed by atoms with Gasteiger partial charge in [-0.3, -0.25) is 4.99 Å². The zero-order valence-electron chi connectivity index (χ0n) is 13.0. The molecule has 0 amide bonds. The normalized spacial score (nSPS) is 11.1. The van der Waals surface area contributed by atoms with Gasteiger partial charge in [0.1, 0.15) is 5.01 Å². The van der Waals surface area contributed by atoms with E-state index in [0.29, 0.717) is 6.54 Å². The average molecular weight is 434 g/mol. The summed E-state index contributed by atoms with van der Waals surface area (Å²) in [5.74, 6) is 0.814. The van der Waals surface area contributed by atoms with E-state index >= 15 is 0 Å². The first-order valence-corrected chi connectivity index (χ1v) is 7.97. The Kier molecular flexibility index (Phi) is 9.05. The Morgan fingerprint density at radius 3 is 2.91 bits per heavy atom. The first-order chi connectivity index (χ1) is 10.3. The van der Waals surface area contributed by atoms with Crippen LogP contribution >= 0.6 is 35.3 Å². The van der Waals surface area contributed by atoms with E-state index in [0.717, 1.165) is 36.9 Å². The maximum Gasteiger partial charge on any atom is 0.191 e. The molecule has 0 aromatic carbocycles. The number of halogens is 1. The summed E-state index contributed by atoms with van der Waals surface area (Å²) < 4.78 is 2.07. The van der Waals surface area contributed by atoms with Gasteiger partial charge in [0.05, 0.1) is 12.9 Å². The van der Waals surface area contributed by atoms with E-state index in [4.69, 9.17) is 0 Å². The molecule has 2 aromatic rings. The highest BCUT2D eigenvalue weighted by atomic mass is 127. The molecule has 8 heteroatoms. The van der Waals surface area contributed by atoms with Crippen LogP contribution in [0, 0.1) is 0 Å². The number of aromatic nitrogens is 3. The fourth-order valence-electron chi connectivity index (χ4n) is 1.86. The third-order valence-corrected chi connectivity index (χ3v) is 4.17. The van der Waals surface area contributed by atoms with Crippen molar-refractivity contribution in [2.45, 2.75) is 32.9 Å². The maximum atomic E-state index is 4.39. The fraction of sp³-hybridized carbons (Fsp3) is 0.500. The summed E-state index contributed by atoms with van der Waals surface area (Å²) >= 11 is 1.75. The molecule has 2 rings (SSSR count). The molecule has 0 atom stereocenters. The molecular weight excluding hydrogens is 411 g/mol. The van der Waals surface area contributed by atoms with Crippen molar-refractivity contribution in [3.63, 3.8) is 0 Å². The zero-order chi connectivity index (χ0) is 14.9.